The number of H-pyrrole nitrogens is 1. The van der Waals surface area contributed by atoms with Gasteiger partial charge in [0.05, 0.1) is 0 Å². The molecule has 1 aromatic heterocycles. The van der Waals surface area contributed by atoms with Crippen molar-refractivity contribution in [2.24, 2.45) is 0 Å². The van der Waals surface area contributed by atoms with Crippen molar-refractivity contribution in [3.05, 3.63) is 77.0 Å². The van der Waals surface area contributed by atoms with Gasteiger partial charge in [0.15, 0.2) is 5.82 Å². The summed E-state index contributed by atoms with van der Waals surface area (Å²) in [6.45, 7) is 1.86. The summed E-state index contributed by atoms with van der Waals surface area (Å²) < 4.78 is 0. The highest BCUT2D eigenvalue weighted by atomic mass is 16.2. The maximum atomic E-state index is 12.3. The van der Waals surface area contributed by atoms with Gasteiger partial charge in [-0.15, -0.1) is 0 Å². The minimum absolute atomic E-state index is 0.322. The average Bonchev–Trinajstić information content (AvgIpc) is 3.15. The van der Waals surface area contributed by atoms with Crippen LogP contribution in [0.15, 0.2) is 54.6 Å². The van der Waals surface area contributed by atoms with E-state index < -0.39 is 11.8 Å². The molecule has 3 N–H and O–H groups in total. The number of nitrogens with one attached hydrogen (secondary N) is 3. The second-order valence-corrected chi connectivity index (χ2v) is 7.32. The van der Waals surface area contributed by atoms with Gasteiger partial charge in [-0.1, -0.05) is 36.4 Å². The van der Waals surface area contributed by atoms with E-state index in [1.807, 2.05) is 48.5 Å². The number of aromatic nitrogens is 2. The van der Waals surface area contributed by atoms with E-state index in [0.717, 1.165) is 30.8 Å². The van der Waals surface area contributed by atoms with Crippen LogP contribution in [0.3, 0.4) is 0 Å². The zero-order valence-electron chi connectivity index (χ0n) is 16.2. The second kappa shape index (κ2) is 8.28. The molecule has 7 nitrogen and oxygen atoms in total. The number of amides is 2. The van der Waals surface area contributed by atoms with Gasteiger partial charge in [0, 0.05) is 37.0 Å². The Bertz CT molecular complexity index is 1030. The lowest BCUT2D eigenvalue weighted by Gasteiger charge is -2.25. The van der Waals surface area contributed by atoms with E-state index in [9.17, 15) is 9.59 Å². The highest BCUT2D eigenvalue weighted by Crippen LogP contribution is 2.22. The normalized spacial score (nSPS) is 13.6. The third-order valence-corrected chi connectivity index (χ3v) is 4.98. The van der Waals surface area contributed by atoms with Crippen LogP contribution in [0.4, 0.5) is 11.5 Å². The smallest absolute Gasteiger partial charge is 0.315 e. The maximum Gasteiger partial charge on any atom is 0.315 e. The van der Waals surface area contributed by atoms with Crippen molar-refractivity contribution in [2.45, 2.75) is 19.4 Å². The standard InChI is InChI=1S/C22H23N5O2/c1-27-10-9-16-7-8-18(12-17(16)14-27)23-21(28)22(29)24-20-13-19(25-26-20)11-15-5-3-2-4-6-15/h2-8,12-13H,9-11,14H2,1H3,(H,23,28)(H2,24,25,26,29). The number of anilines is 2. The van der Waals surface area contributed by atoms with Crippen LogP contribution in [0.1, 0.15) is 22.4 Å². The summed E-state index contributed by atoms with van der Waals surface area (Å²) in [6.07, 6.45) is 1.66. The Kier molecular flexibility index (Phi) is 5.39. The summed E-state index contributed by atoms with van der Waals surface area (Å²) >= 11 is 0. The predicted octanol–water partition coefficient (Wildman–Crippen LogP) is 2.57. The molecule has 148 valence electrons. The molecule has 0 aliphatic carbocycles. The lowest BCUT2D eigenvalue weighted by atomic mass is 9.99. The van der Waals surface area contributed by atoms with E-state index >= 15 is 0 Å². The molecule has 0 fully saturated rings. The fourth-order valence-electron chi connectivity index (χ4n) is 3.47. The van der Waals surface area contributed by atoms with Gasteiger partial charge < -0.3 is 15.5 Å². The number of aromatic amines is 1. The molecule has 0 bridgehead atoms. The Morgan fingerprint density at radius 2 is 1.83 bits per heavy atom. The van der Waals surface area contributed by atoms with Crippen molar-refractivity contribution in [1.29, 1.82) is 0 Å². The molecule has 0 radical (unpaired) electrons. The SMILES string of the molecule is CN1CCc2ccc(NC(=O)C(=O)Nc3cc(Cc4ccccc4)[nH]n3)cc2C1. The van der Waals surface area contributed by atoms with Crippen molar-refractivity contribution < 1.29 is 9.59 Å². The van der Waals surface area contributed by atoms with Crippen molar-refractivity contribution in [3.8, 4) is 0 Å². The first-order valence-electron chi connectivity index (χ1n) is 9.58. The fraction of sp³-hybridized carbons (Fsp3) is 0.227. The molecule has 29 heavy (non-hydrogen) atoms. The van der Waals surface area contributed by atoms with E-state index in [-0.39, 0.29) is 0 Å². The van der Waals surface area contributed by atoms with Crippen molar-refractivity contribution in [2.75, 3.05) is 24.2 Å². The highest BCUT2D eigenvalue weighted by Gasteiger charge is 2.18. The summed E-state index contributed by atoms with van der Waals surface area (Å²) in [7, 11) is 2.07. The zero-order chi connectivity index (χ0) is 20.2. The topological polar surface area (TPSA) is 90.1 Å². The first-order valence-corrected chi connectivity index (χ1v) is 9.58. The van der Waals surface area contributed by atoms with E-state index in [1.165, 1.54) is 11.1 Å². The molecule has 0 saturated heterocycles. The first kappa shape index (κ1) is 18.9. The third kappa shape index (κ3) is 4.70. The van der Waals surface area contributed by atoms with Crippen LogP contribution in [0, 0.1) is 0 Å². The third-order valence-electron chi connectivity index (χ3n) is 4.98. The molecule has 2 aromatic carbocycles. The lowest BCUT2D eigenvalue weighted by molar-refractivity contribution is -0.133. The molecule has 3 aromatic rings. The Hall–Kier alpha value is -3.45. The lowest BCUT2D eigenvalue weighted by Crippen LogP contribution is -2.30. The molecule has 1 aliphatic rings. The molecule has 0 spiro atoms. The summed E-state index contributed by atoms with van der Waals surface area (Å²) in [6, 6.07) is 17.4. The van der Waals surface area contributed by atoms with E-state index in [1.54, 1.807) is 6.07 Å². The van der Waals surface area contributed by atoms with Crippen LogP contribution in [0.5, 0.6) is 0 Å². The Morgan fingerprint density at radius 1 is 1.03 bits per heavy atom. The van der Waals surface area contributed by atoms with Crippen LogP contribution in [0.25, 0.3) is 0 Å². The van der Waals surface area contributed by atoms with Gasteiger partial charge in [-0.05, 0) is 42.3 Å². The number of rotatable bonds is 4. The summed E-state index contributed by atoms with van der Waals surface area (Å²) in [4.78, 5) is 26.7. The number of hydrogen-bond donors (Lipinski definition) is 3. The number of hydrogen-bond acceptors (Lipinski definition) is 4. The number of likely N-dealkylation sites (N-methyl/N-ethyl adjacent to an activating group) is 1. The van der Waals surface area contributed by atoms with E-state index in [0.29, 0.717) is 17.9 Å². The van der Waals surface area contributed by atoms with Gasteiger partial charge >= 0.3 is 11.8 Å². The molecule has 4 rings (SSSR count). The van der Waals surface area contributed by atoms with Crippen LogP contribution >= 0.6 is 0 Å². The van der Waals surface area contributed by atoms with Gasteiger partial charge in [-0.2, -0.15) is 5.10 Å². The van der Waals surface area contributed by atoms with Crippen LogP contribution in [-0.4, -0.2) is 40.5 Å². The molecule has 0 atom stereocenters. The maximum absolute atomic E-state index is 12.3. The predicted molar refractivity (Wildman–Crippen MR) is 112 cm³/mol. The number of fused-ring (bicyclic) bond motifs is 1. The van der Waals surface area contributed by atoms with Crippen molar-refractivity contribution in [3.63, 3.8) is 0 Å². The molecule has 0 saturated carbocycles. The van der Waals surface area contributed by atoms with Crippen LogP contribution in [-0.2, 0) is 29.0 Å². The average molecular weight is 389 g/mol. The molecular weight excluding hydrogens is 366 g/mol. The van der Waals surface area contributed by atoms with Gasteiger partial charge in [-0.3, -0.25) is 14.7 Å². The summed E-state index contributed by atoms with van der Waals surface area (Å²) in [5.41, 5.74) is 5.06. The van der Waals surface area contributed by atoms with Gasteiger partial charge in [-0.25, -0.2) is 0 Å². The highest BCUT2D eigenvalue weighted by molar-refractivity contribution is 6.43. The summed E-state index contributed by atoms with van der Waals surface area (Å²) in [5, 5.41) is 12.2. The van der Waals surface area contributed by atoms with Crippen LogP contribution in [0.2, 0.25) is 0 Å². The number of nitrogens with zero attached hydrogens (tertiary/aromatic N) is 2. The van der Waals surface area contributed by atoms with E-state index in [4.69, 9.17) is 0 Å². The van der Waals surface area contributed by atoms with Gasteiger partial charge in [0.2, 0.25) is 0 Å². The van der Waals surface area contributed by atoms with E-state index in [2.05, 4.69) is 32.8 Å². The Balaban J connectivity index is 1.35. The zero-order valence-corrected chi connectivity index (χ0v) is 16.2. The minimum Gasteiger partial charge on any atom is -0.318 e. The molecular formula is C22H23N5O2. The van der Waals surface area contributed by atoms with Crippen LogP contribution < -0.4 is 10.6 Å². The number of benzene rings is 2. The second-order valence-electron chi connectivity index (χ2n) is 7.32. The molecule has 2 amide bonds. The Labute approximate surface area is 169 Å². The largest absolute Gasteiger partial charge is 0.318 e. The van der Waals surface area contributed by atoms with Crippen molar-refractivity contribution >= 4 is 23.3 Å². The quantitative estimate of drug-likeness (QED) is 0.598. The fourth-order valence-corrected chi connectivity index (χ4v) is 3.47. The minimum atomic E-state index is -0.752. The van der Waals surface area contributed by atoms with Gasteiger partial charge in [0.25, 0.3) is 0 Å². The van der Waals surface area contributed by atoms with Gasteiger partial charge in [0.1, 0.15) is 0 Å². The molecule has 2 heterocycles. The van der Waals surface area contributed by atoms with Crippen molar-refractivity contribution in [1.82, 2.24) is 15.1 Å². The number of carbonyl (C=O) groups is 2. The molecule has 7 heteroatoms. The molecule has 1 aliphatic heterocycles. The monoisotopic (exact) mass is 389 g/mol. The summed E-state index contributed by atoms with van der Waals surface area (Å²) in [5.74, 6) is -1.15. The number of carbonyl (C=O) groups excluding carboxylic acids is 2. The Morgan fingerprint density at radius 3 is 2.66 bits per heavy atom. The first-order chi connectivity index (χ1) is 14.1. The molecule has 0 unspecified atom stereocenters.